The van der Waals surface area contributed by atoms with Crippen LogP contribution in [0.3, 0.4) is 0 Å². The van der Waals surface area contributed by atoms with Crippen molar-refractivity contribution in [2.24, 2.45) is 0 Å². The van der Waals surface area contributed by atoms with Gasteiger partial charge in [0.25, 0.3) is 0 Å². The Morgan fingerprint density at radius 1 is 0.644 bits per heavy atom. The number of hydroxylamine groups is 2. The third-order valence-electron chi connectivity index (χ3n) is 4.02. The maximum absolute atomic E-state index is 13.8. The minimum atomic E-state index is -5.33. The molecule has 0 fully saturated rings. The number of carbonyl (C=O) groups excluding carboxylic acids is 2. The van der Waals surface area contributed by atoms with Gasteiger partial charge in [-0.05, 0) is 24.3 Å². The van der Waals surface area contributed by atoms with Gasteiger partial charge in [0.15, 0.2) is 11.6 Å². The van der Waals surface area contributed by atoms with Gasteiger partial charge in [0.05, 0.1) is 21.4 Å². The summed E-state index contributed by atoms with van der Waals surface area (Å²) >= 11 is 28.4. The Balaban J connectivity index is 0.000000842. The minimum absolute atomic E-state index is 0. The smallest absolute Gasteiger partial charge is 0.759 e. The molecule has 2 amide bonds. The molecule has 0 spiro atoms. The molecule has 0 unspecified atom stereocenters. The predicted molar refractivity (Wildman–Crippen MR) is 148 cm³/mol. The molecule has 2 aromatic carbocycles. The van der Waals surface area contributed by atoms with Gasteiger partial charge in [-0.3, -0.25) is 9.59 Å². The first-order valence-corrected chi connectivity index (χ1v) is 13.6. The first kappa shape index (κ1) is 44.1. The summed E-state index contributed by atoms with van der Waals surface area (Å²) in [5, 5.41) is 18.7. The Morgan fingerprint density at radius 2 is 0.911 bits per heavy atom. The van der Waals surface area contributed by atoms with Crippen LogP contribution in [0.5, 0.6) is 0 Å². The summed E-state index contributed by atoms with van der Waals surface area (Å²) in [7, 11) is 0. The topological polar surface area (TPSA) is 111 Å². The Kier molecular flexibility index (Phi) is 16.7. The normalized spacial score (nSPS) is 12.0. The van der Waals surface area contributed by atoms with Crippen molar-refractivity contribution in [1.82, 2.24) is 11.0 Å². The number of amides is 2. The molecule has 27 heteroatoms. The fourth-order valence-electron chi connectivity index (χ4n) is 2.51. The second-order valence-corrected chi connectivity index (χ2v) is 13.4. The van der Waals surface area contributed by atoms with Crippen molar-refractivity contribution in [2.75, 3.05) is 8.61 Å². The predicted octanol–water partition coefficient (Wildman–Crippen LogP) is 9.48. The van der Waals surface area contributed by atoms with Crippen molar-refractivity contribution in [2.45, 2.75) is 20.4 Å². The van der Waals surface area contributed by atoms with Crippen molar-refractivity contribution in [1.29, 1.82) is 0 Å². The first-order valence-electron chi connectivity index (χ1n) is 9.82. The van der Waals surface area contributed by atoms with Crippen LogP contribution in [0.25, 0.3) is 0 Å². The Morgan fingerprint density at radius 3 is 1.11 bits per heavy atom. The number of hydrogen-bond acceptors (Lipinski definition) is 8. The van der Waals surface area contributed by atoms with E-state index in [1.807, 2.05) is 0 Å². The monoisotopic (exact) mass is 864 g/mol. The first-order chi connectivity index (χ1) is 19.7. The SMILES string of the molecule is O=C(N[O-])c1cc(Cl)c(F)c(N(SC(F)(Cl)Cl)C(F)(F)F)c1.O=C(N[O-])c1cc(Cl)c(F)c(N(SC(F)(Cl)Cl)C(F)(F)F)c1.[Ni+2]. The second kappa shape index (κ2) is 17.0. The van der Waals surface area contributed by atoms with Gasteiger partial charge in [0, 0.05) is 35.0 Å². The van der Waals surface area contributed by atoms with Crippen LogP contribution >= 0.6 is 93.5 Å². The number of nitrogens with one attached hydrogen (secondary N) is 2. The zero-order valence-corrected chi connectivity index (χ0v) is 27.2. The fraction of sp³-hybridized carbons (Fsp3) is 0.222. The van der Waals surface area contributed by atoms with E-state index in [0.29, 0.717) is 24.3 Å². The van der Waals surface area contributed by atoms with Crippen LogP contribution in [0.4, 0.5) is 55.3 Å². The number of benzene rings is 2. The van der Waals surface area contributed by atoms with Gasteiger partial charge >= 0.3 is 36.9 Å². The Labute approximate surface area is 292 Å². The van der Waals surface area contributed by atoms with Gasteiger partial charge in [0.2, 0.25) is 11.8 Å². The number of carbonyl (C=O) groups is 2. The zero-order chi connectivity index (χ0) is 34.6. The van der Waals surface area contributed by atoms with Gasteiger partial charge < -0.3 is 21.4 Å². The molecule has 0 aliphatic rings. The molecular weight excluding hydrogens is 862 g/mol. The average Bonchev–Trinajstić information content (AvgIpc) is 2.86. The number of halogens is 16. The number of nitrogens with zero attached hydrogens (tertiary/aromatic N) is 2. The average molecular weight is 868 g/mol. The van der Waals surface area contributed by atoms with Crippen molar-refractivity contribution < 1.29 is 70.0 Å². The van der Waals surface area contributed by atoms with Crippen LogP contribution in [-0.4, -0.2) is 32.3 Å². The minimum Gasteiger partial charge on any atom is -0.759 e. The van der Waals surface area contributed by atoms with Crippen molar-refractivity contribution in [3.8, 4) is 0 Å². The number of alkyl halides is 12. The summed E-state index contributed by atoms with van der Waals surface area (Å²) in [6, 6.07) is 1.93. The van der Waals surface area contributed by atoms with Crippen LogP contribution in [-0.2, 0) is 16.5 Å². The van der Waals surface area contributed by atoms with Crippen LogP contribution in [0.15, 0.2) is 24.3 Å². The van der Waals surface area contributed by atoms with E-state index in [2.05, 4.69) is 0 Å². The molecule has 0 saturated carbocycles. The van der Waals surface area contributed by atoms with E-state index in [1.54, 1.807) is 0 Å². The van der Waals surface area contributed by atoms with E-state index >= 15 is 0 Å². The molecule has 8 nitrogen and oxygen atoms in total. The summed E-state index contributed by atoms with van der Waals surface area (Å²) in [5.74, 6) is -5.99. The molecule has 0 heterocycles. The van der Waals surface area contributed by atoms with E-state index in [9.17, 15) is 63.9 Å². The number of hydrogen-bond donors (Lipinski definition) is 2. The summed E-state index contributed by atoms with van der Waals surface area (Å²) in [5.41, 5.74) is -2.31. The zero-order valence-electron chi connectivity index (χ0n) is 20.0. The van der Waals surface area contributed by atoms with E-state index in [0.717, 1.165) is 11.0 Å². The molecule has 0 aromatic heterocycles. The maximum atomic E-state index is 13.8. The van der Waals surface area contributed by atoms with Gasteiger partial charge in [-0.2, -0.15) is 8.78 Å². The van der Waals surface area contributed by atoms with Gasteiger partial charge in [-0.15, -0.1) is 26.3 Å². The molecule has 0 atom stereocenters. The van der Waals surface area contributed by atoms with Crippen LogP contribution in [0, 0.1) is 22.0 Å². The molecule has 0 aliphatic carbocycles. The van der Waals surface area contributed by atoms with Crippen LogP contribution < -0.4 is 19.6 Å². The van der Waals surface area contributed by atoms with Crippen molar-refractivity contribution in [3.05, 3.63) is 67.5 Å². The Bertz CT molecular complexity index is 1270. The summed E-state index contributed by atoms with van der Waals surface area (Å²) in [4.78, 5) is 22.3. The second-order valence-electron chi connectivity index (χ2n) is 7.04. The molecule has 0 saturated heterocycles. The molecule has 0 radical (unpaired) electrons. The molecule has 0 aliphatic heterocycles. The molecule has 2 aromatic rings. The van der Waals surface area contributed by atoms with Gasteiger partial charge in [-0.25, -0.2) is 17.4 Å². The Hall–Kier alpha value is -0.866. The molecule has 256 valence electrons. The van der Waals surface area contributed by atoms with E-state index < -0.39 is 109 Å². The fourth-order valence-corrected chi connectivity index (χ4v) is 4.85. The molecule has 0 bridgehead atoms. The molecule has 2 N–H and O–H groups in total. The largest absolute Gasteiger partial charge is 2.00 e. The maximum Gasteiger partial charge on any atom is 2.00 e. The van der Waals surface area contributed by atoms with Gasteiger partial charge in [0.1, 0.15) is 0 Å². The third kappa shape index (κ3) is 13.6. The summed E-state index contributed by atoms with van der Waals surface area (Å²) in [6.07, 6.45) is -10.7. The third-order valence-corrected chi connectivity index (χ3v) is 6.98. The summed E-state index contributed by atoms with van der Waals surface area (Å²) in [6.45, 7) is 0. The summed E-state index contributed by atoms with van der Waals surface area (Å²) < 4.78 is 123. The molecule has 45 heavy (non-hydrogen) atoms. The van der Waals surface area contributed by atoms with Crippen molar-refractivity contribution in [3.63, 3.8) is 0 Å². The molecular formula is C18H6Cl6F10N4NiO4S2. The van der Waals surface area contributed by atoms with Crippen LogP contribution in [0.1, 0.15) is 20.7 Å². The standard InChI is InChI=1S/2C9H3Cl3F5N2O2S.Ni/c2*10-4-1-3(7(20)18-21)2-5(6(4)13)19(9(15,16)17)22-8(11,12)14;/h2*1-2H,(H-,18,20,21);/q2*-1;+2. The number of anilines is 2. The van der Waals surface area contributed by atoms with E-state index in [-0.39, 0.29) is 16.5 Å². The van der Waals surface area contributed by atoms with Crippen molar-refractivity contribution >= 4 is 117 Å². The van der Waals surface area contributed by atoms with E-state index in [4.69, 9.17) is 69.6 Å². The quantitative estimate of drug-likeness (QED) is 0.0675. The van der Waals surface area contributed by atoms with Crippen LogP contribution in [0.2, 0.25) is 10.0 Å². The number of rotatable bonds is 8. The van der Waals surface area contributed by atoms with E-state index in [1.165, 1.54) is 0 Å². The van der Waals surface area contributed by atoms with Gasteiger partial charge in [-0.1, -0.05) is 69.6 Å². The molecule has 2 rings (SSSR count).